The third-order valence-electron chi connectivity index (χ3n) is 3.22. The first kappa shape index (κ1) is 15.3. The molecule has 0 bridgehead atoms. The Morgan fingerprint density at radius 1 is 1.50 bits per heavy atom. The van der Waals surface area contributed by atoms with Crippen molar-refractivity contribution >= 4 is 46.0 Å². The van der Waals surface area contributed by atoms with Gasteiger partial charge in [0, 0.05) is 17.3 Å². The van der Waals surface area contributed by atoms with Gasteiger partial charge in [0.25, 0.3) is 0 Å². The smallest absolute Gasteiger partial charge is 0.234 e. The Hall–Kier alpha value is -1.61. The average Bonchev–Trinajstić information content (AvgIpc) is 2.94. The molecule has 4 N–H and O–H groups in total. The Labute approximate surface area is 136 Å². The quantitative estimate of drug-likeness (QED) is 0.645. The van der Waals surface area contributed by atoms with Crippen LogP contribution >= 0.6 is 23.4 Å². The Morgan fingerprint density at radius 2 is 2.36 bits per heavy atom. The molecule has 2 aliphatic rings. The summed E-state index contributed by atoms with van der Waals surface area (Å²) in [4.78, 5) is 28.1. The van der Waals surface area contributed by atoms with E-state index in [9.17, 15) is 9.59 Å². The molecular weight excluding hydrogens is 326 g/mol. The van der Waals surface area contributed by atoms with Gasteiger partial charge in [-0.25, -0.2) is 10.4 Å². The number of anilines is 1. The number of amides is 2. The number of fused-ring (bicyclic) bond motifs is 1. The SMILES string of the molecule is O=C(CSC1=NC2NNCC2C(=O)N1)Nc1cccc(Cl)c1. The van der Waals surface area contributed by atoms with Gasteiger partial charge in [0.15, 0.2) is 5.17 Å². The van der Waals surface area contributed by atoms with Gasteiger partial charge in [-0.3, -0.25) is 15.0 Å². The number of hydrazine groups is 1. The summed E-state index contributed by atoms with van der Waals surface area (Å²) in [5, 5.41) is 6.45. The fraction of sp³-hybridized carbons (Fsp3) is 0.308. The molecule has 1 fully saturated rings. The predicted octanol–water partition coefficient (Wildman–Crippen LogP) is 0.548. The molecule has 3 rings (SSSR count). The number of hydrogen-bond donors (Lipinski definition) is 4. The van der Waals surface area contributed by atoms with E-state index in [0.29, 0.717) is 22.4 Å². The molecule has 0 radical (unpaired) electrons. The Balaban J connectivity index is 1.54. The minimum atomic E-state index is -0.271. The molecule has 2 aliphatic heterocycles. The normalized spacial score (nSPS) is 23.5. The van der Waals surface area contributed by atoms with E-state index in [1.54, 1.807) is 24.3 Å². The molecule has 1 saturated heterocycles. The number of amidine groups is 1. The van der Waals surface area contributed by atoms with Gasteiger partial charge >= 0.3 is 0 Å². The number of aliphatic imine (C=N–C) groups is 1. The molecule has 0 saturated carbocycles. The first-order valence-electron chi connectivity index (χ1n) is 6.67. The van der Waals surface area contributed by atoms with E-state index < -0.39 is 0 Å². The van der Waals surface area contributed by atoms with Crippen LogP contribution in [0, 0.1) is 5.92 Å². The Morgan fingerprint density at radius 3 is 3.18 bits per heavy atom. The predicted molar refractivity (Wildman–Crippen MR) is 86.5 cm³/mol. The fourth-order valence-corrected chi connectivity index (χ4v) is 3.06. The third kappa shape index (κ3) is 3.58. The number of nitrogens with zero attached hydrogens (tertiary/aromatic N) is 1. The summed E-state index contributed by atoms with van der Waals surface area (Å²) in [7, 11) is 0. The zero-order chi connectivity index (χ0) is 15.5. The lowest BCUT2D eigenvalue weighted by Gasteiger charge is -2.21. The van der Waals surface area contributed by atoms with Crippen LogP contribution in [-0.4, -0.2) is 35.4 Å². The second kappa shape index (κ2) is 6.66. The molecule has 0 aromatic heterocycles. The fourth-order valence-electron chi connectivity index (χ4n) is 2.17. The molecule has 0 aliphatic carbocycles. The molecule has 2 unspecified atom stereocenters. The summed E-state index contributed by atoms with van der Waals surface area (Å²) < 4.78 is 0. The Kier molecular flexibility index (Phi) is 4.63. The van der Waals surface area contributed by atoms with Crippen LogP contribution < -0.4 is 21.5 Å². The van der Waals surface area contributed by atoms with Crippen LogP contribution in [0.5, 0.6) is 0 Å². The van der Waals surface area contributed by atoms with Gasteiger partial charge < -0.3 is 10.6 Å². The van der Waals surface area contributed by atoms with E-state index >= 15 is 0 Å². The number of carbonyl (C=O) groups excluding carboxylic acids is 2. The molecule has 1 aromatic rings. The lowest BCUT2D eigenvalue weighted by Crippen LogP contribution is -2.46. The third-order valence-corrected chi connectivity index (χ3v) is 4.35. The monoisotopic (exact) mass is 339 g/mol. The van der Waals surface area contributed by atoms with Gasteiger partial charge in [0.1, 0.15) is 6.17 Å². The second-order valence-electron chi connectivity index (χ2n) is 4.85. The number of benzene rings is 1. The number of nitrogens with one attached hydrogen (secondary N) is 4. The minimum absolute atomic E-state index is 0.0877. The van der Waals surface area contributed by atoms with E-state index in [4.69, 9.17) is 11.6 Å². The maximum Gasteiger partial charge on any atom is 0.234 e. The van der Waals surface area contributed by atoms with Crippen molar-refractivity contribution in [2.24, 2.45) is 10.9 Å². The van der Waals surface area contributed by atoms with Crippen LogP contribution in [0.2, 0.25) is 5.02 Å². The summed E-state index contributed by atoms with van der Waals surface area (Å²) >= 11 is 7.05. The van der Waals surface area contributed by atoms with Crippen LogP contribution in [0.15, 0.2) is 29.3 Å². The molecule has 9 heteroatoms. The van der Waals surface area contributed by atoms with Crippen molar-refractivity contribution in [3.63, 3.8) is 0 Å². The molecule has 2 atom stereocenters. The lowest BCUT2D eigenvalue weighted by molar-refractivity contribution is -0.123. The van der Waals surface area contributed by atoms with Crippen molar-refractivity contribution in [3.05, 3.63) is 29.3 Å². The summed E-state index contributed by atoms with van der Waals surface area (Å²) in [6.07, 6.45) is -0.271. The molecule has 7 nitrogen and oxygen atoms in total. The molecule has 0 spiro atoms. The van der Waals surface area contributed by atoms with Gasteiger partial charge in [0.2, 0.25) is 11.8 Å². The average molecular weight is 340 g/mol. The van der Waals surface area contributed by atoms with Crippen molar-refractivity contribution in [2.45, 2.75) is 6.17 Å². The van der Waals surface area contributed by atoms with E-state index in [-0.39, 0.29) is 29.7 Å². The van der Waals surface area contributed by atoms with Crippen LogP contribution in [0.4, 0.5) is 5.69 Å². The van der Waals surface area contributed by atoms with Gasteiger partial charge in [0.05, 0.1) is 11.7 Å². The van der Waals surface area contributed by atoms with Crippen molar-refractivity contribution < 1.29 is 9.59 Å². The lowest BCUT2D eigenvalue weighted by atomic mass is 10.1. The summed E-state index contributed by atoms with van der Waals surface area (Å²) in [6, 6.07) is 6.92. The number of halogens is 1. The summed E-state index contributed by atoms with van der Waals surface area (Å²) in [5.74, 6) is -0.333. The van der Waals surface area contributed by atoms with E-state index in [1.165, 1.54) is 11.8 Å². The van der Waals surface area contributed by atoms with Crippen LogP contribution in [-0.2, 0) is 9.59 Å². The zero-order valence-corrected chi connectivity index (χ0v) is 13.0. The van der Waals surface area contributed by atoms with Crippen LogP contribution in [0.3, 0.4) is 0 Å². The maximum atomic E-state index is 11.9. The molecule has 22 heavy (non-hydrogen) atoms. The van der Waals surface area contributed by atoms with Crippen LogP contribution in [0.25, 0.3) is 0 Å². The van der Waals surface area contributed by atoms with Crippen molar-refractivity contribution in [3.8, 4) is 0 Å². The largest absolute Gasteiger partial charge is 0.325 e. The molecule has 116 valence electrons. The van der Waals surface area contributed by atoms with E-state index in [1.807, 2.05) is 0 Å². The standard InChI is InChI=1S/C13H14ClN5O2S/c14-7-2-1-3-8(4-7)16-10(20)6-22-13-17-11-9(5-15-19-11)12(21)18-13/h1-4,9,11,15,19H,5-6H2,(H,16,20)(H,17,18,21). The van der Waals surface area contributed by atoms with Gasteiger partial charge in [-0.05, 0) is 18.2 Å². The molecular formula is C13H14ClN5O2S. The minimum Gasteiger partial charge on any atom is -0.325 e. The van der Waals surface area contributed by atoms with Crippen molar-refractivity contribution in [1.82, 2.24) is 16.2 Å². The number of thioether (sulfide) groups is 1. The Bertz CT molecular complexity index is 639. The maximum absolute atomic E-state index is 11.9. The van der Waals surface area contributed by atoms with Crippen LogP contribution in [0.1, 0.15) is 0 Å². The summed E-state index contributed by atoms with van der Waals surface area (Å²) in [5.41, 5.74) is 6.46. The zero-order valence-electron chi connectivity index (χ0n) is 11.4. The topological polar surface area (TPSA) is 94.6 Å². The highest BCUT2D eigenvalue weighted by Crippen LogP contribution is 2.18. The summed E-state index contributed by atoms with van der Waals surface area (Å²) in [6.45, 7) is 0.549. The van der Waals surface area contributed by atoms with Gasteiger partial charge in [-0.2, -0.15) is 0 Å². The van der Waals surface area contributed by atoms with Gasteiger partial charge in [-0.15, -0.1) is 0 Å². The molecule has 2 amide bonds. The number of carbonyl (C=O) groups is 2. The van der Waals surface area contributed by atoms with Gasteiger partial charge in [-0.1, -0.05) is 29.4 Å². The number of rotatable bonds is 3. The highest BCUT2D eigenvalue weighted by atomic mass is 35.5. The van der Waals surface area contributed by atoms with E-state index in [0.717, 1.165) is 0 Å². The van der Waals surface area contributed by atoms with Crippen molar-refractivity contribution in [2.75, 3.05) is 17.6 Å². The highest BCUT2D eigenvalue weighted by Gasteiger charge is 2.36. The molecule has 2 heterocycles. The highest BCUT2D eigenvalue weighted by molar-refractivity contribution is 8.14. The molecule has 1 aromatic carbocycles. The first-order chi connectivity index (χ1) is 10.6. The number of hydrogen-bond acceptors (Lipinski definition) is 6. The second-order valence-corrected chi connectivity index (χ2v) is 6.25. The van der Waals surface area contributed by atoms with Crippen molar-refractivity contribution in [1.29, 1.82) is 0 Å². The van der Waals surface area contributed by atoms with E-state index in [2.05, 4.69) is 26.5 Å². The first-order valence-corrected chi connectivity index (χ1v) is 8.03.